The number of aromatic nitrogens is 2. The summed E-state index contributed by atoms with van der Waals surface area (Å²) in [6.45, 7) is 7.17. The predicted molar refractivity (Wildman–Crippen MR) is 118 cm³/mol. The fourth-order valence-electron chi connectivity index (χ4n) is 3.67. The van der Waals surface area contributed by atoms with E-state index in [1.54, 1.807) is 0 Å². The molecule has 3 heterocycles. The molecule has 0 N–H and O–H groups in total. The van der Waals surface area contributed by atoms with Crippen LogP contribution >= 0.6 is 0 Å². The maximum absolute atomic E-state index is 5.78. The lowest BCUT2D eigenvalue weighted by Gasteiger charge is -2.08. The molecule has 2 aliphatic heterocycles. The lowest BCUT2D eigenvalue weighted by atomic mass is 10.0. The highest BCUT2D eigenvalue weighted by atomic mass is 16.6. The van der Waals surface area contributed by atoms with Gasteiger partial charge in [0.1, 0.15) is 36.9 Å². The van der Waals surface area contributed by atoms with E-state index in [0.717, 1.165) is 54.5 Å². The lowest BCUT2D eigenvalue weighted by molar-refractivity contribution is 0.263. The van der Waals surface area contributed by atoms with Gasteiger partial charge in [-0.05, 0) is 61.9 Å². The Morgan fingerprint density at radius 1 is 0.903 bits per heavy atom. The summed E-state index contributed by atoms with van der Waals surface area (Å²) in [7, 11) is 0. The van der Waals surface area contributed by atoms with Crippen molar-refractivity contribution in [1.82, 2.24) is 9.78 Å². The predicted octanol–water partition coefficient (Wildman–Crippen LogP) is 4.36. The summed E-state index contributed by atoms with van der Waals surface area (Å²) in [4.78, 5) is 0. The number of benzene rings is 2. The van der Waals surface area contributed by atoms with Gasteiger partial charge in [0.25, 0.3) is 0 Å². The quantitative estimate of drug-likeness (QED) is 0.456. The van der Waals surface area contributed by atoms with Crippen molar-refractivity contribution in [3.63, 3.8) is 0 Å². The summed E-state index contributed by atoms with van der Waals surface area (Å²) in [5.41, 5.74) is 5.62. The zero-order valence-corrected chi connectivity index (χ0v) is 18.0. The molecule has 31 heavy (non-hydrogen) atoms. The van der Waals surface area contributed by atoms with Crippen LogP contribution in [0.1, 0.15) is 24.6 Å². The van der Waals surface area contributed by atoms with Crippen LogP contribution in [-0.2, 0) is 15.9 Å². The Kier molecular flexibility index (Phi) is 5.66. The Morgan fingerprint density at radius 2 is 1.45 bits per heavy atom. The van der Waals surface area contributed by atoms with Crippen molar-refractivity contribution < 1.29 is 18.9 Å². The van der Waals surface area contributed by atoms with Crippen molar-refractivity contribution >= 4 is 0 Å². The summed E-state index contributed by atoms with van der Waals surface area (Å²) in [6, 6.07) is 16.3. The lowest BCUT2D eigenvalue weighted by Crippen LogP contribution is -2.04. The van der Waals surface area contributed by atoms with Gasteiger partial charge in [-0.25, -0.2) is 4.68 Å². The molecule has 2 saturated heterocycles. The molecular weight excluding hydrogens is 392 g/mol. The third kappa shape index (κ3) is 4.75. The maximum Gasteiger partial charge on any atom is 0.119 e. The minimum atomic E-state index is 0.256. The molecule has 0 bridgehead atoms. The molecule has 0 aliphatic carbocycles. The number of hydrogen-bond acceptors (Lipinski definition) is 5. The van der Waals surface area contributed by atoms with E-state index in [4.69, 9.17) is 24.0 Å². The Balaban J connectivity index is 1.38. The van der Waals surface area contributed by atoms with Crippen LogP contribution in [0.15, 0.2) is 48.5 Å². The first-order valence-corrected chi connectivity index (χ1v) is 11.0. The van der Waals surface area contributed by atoms with Crippen LogP contribution in [0.25, 0.3) is 16.9 Å². The van der Waals surface area contributed by atoms with Gasteiger partial charge < -0.3 is 18.9 Å². The molecule has 0 saturated carbocycles. The summed E-state index contributed by atoms with van der Waals surface area (Å²) < 4.78 is 24.0. The third-order valence-electron chi connectivity index (χ3n) is 5.63. The average Bonchev–Trinajstić information content (AvgIpc) is 3.72. The van der Waals surface area contributed by atoms with Crippen LogP contribution < -0.4 is 9.47 Å². The first-order valence-electron chi connectivity index (χ1n) is 11.0. The van der Waals surface area contributed by atoms with E-state index < -0.39 is 0 Å². The highest BCUT2D eigenvalue weighted by Crippen LogP contribution is 2.30. The van der Waals surface area contributed by atoms with Crippen molar-refractivity contribution in [2.24, 2.45) is 0 Å². The van der Waals surface area contributed by atoms with Crippen LogP contribution in [0.3, 0.4) is 0 Å². The number of hydrogen-bond donors (Lipinski definition) is 0. The minimum Gasteiger partial charge on any atom is -0.491 e. The van der Waals surface area contributed by atoms with Crippen molar-refractivity contribution in [1.29, 1.82) is 0 Å². The molecule has 2 aliphatic rings. The summed E-state index contributed by atoms with van der Waals surface area (Å²) in [5, 5.41) is 4.99. The largest absolute Gasteiger partial charge is 0.491 e. The van der Waals surface area contributed by atoms with E-state index in [1.807, 2.05) is 28.9 Å². The summed E-state index contributed by atoms with van der Waals surface area (Å²) in [6.07, 6.45) is 2.57. The zero-order valence-electron chi connectivity index (χ0n) is 18.0. The highest BCUT2D eigenvalue weighted by Gasteiger charge is 2.24. The van der Waals surface area contributed by atoms with Crippen molar-refractivity contribution in [2.45, 2.75) is 38.9 Å². The first kappa shape index (κ1) is 20.1. The molecule has 3 aromatic rings. The van der Waals surface area contributed by atoms with Gasteiger partial charge in [0.2, 0.25) is 0 Å². The van der Waals surface area contributed by atoms with Crippen LogP contribution in [0.2, 0.25) is 0 Å². The molecule has 2 unspecified atom stereocenters. The van der Waals surface area contributed by atoms with Crippen LogP contribution in [0.5, 0.6) is 11.5 Å². The van der Waals surface area contributed by atoms with Gasteiger partial charge in [-0.1, -0.05) is 13.3 Å². The van der Waals surface area contributed by atoms with E-state index in [-0.39, 0.29) is 12.2 Å². The smallest absolute Gasteiger partial charge is 0.119 e. The topological polar surface area (TPSA) is 61.3 Å². The van der Waals surface area contributed by atoms with Crippen molar-refractivity contribution in [3.8, 4) is 28.4 Å². The Hall–Kier alpha value is -2.83. The highest BCUT2D eigenvalue weighted by molar-refractivity contribution is 5.65. The number of rotatable bonds is 10. The molecule has 2 atom stereocenters. The molecular formula is C25H28N2O4. The second kappa shape index (κ2) is 8.73. The fourth-order valence-corrected chi connectivity index (χ4v) is 3.67. The van der Waals surface area contributed by atoms with Crippen LogP contribution in [0, 0.1) is 6.92 Å². The Bertz CT molecular complexity index is 1020. The van der Waals surface area contributed by atoms with Gasteiger partial charge in [0.15, 0.2) is 0 Å². The van der Waals surface area contributed by atoms with Crippen molar-refractivity contribution in [2.75, 3.05) is 26.4 Å². The Morgan fingerprint density at radius 3 is 1.97 bits per heavy atom. The monoisotopic (exact) mass is 420 g/mol. The van der Waals surface area contributed by atoms with E-state index in [0.29, 0.717) is 13.2 Å². The maximum atomic E-state index is 5.78. The molecule has 0 spiro atoms. The molecule has 6 nitrogen and oxygen atoms in total. The van der Waals surface area contributed by atoms with Crippen molar-refractivity contribution in [3.05, 3.63) is 59.8 Å². The molecule has 162 valence electrons. The van der Waals surface area contributed by atoms with Gasteiger partial charge >= 0.3 is 0 Å². The second-order valence-corrected chi connectivity index (χ2v) is 8.13. The minimum absolute atomic E-state index is 0.256. The van der Waals surface area contributed by atoms with E-state index in [2.05, 4.69) is 38.1 Å². The first-order chi connectivity index (χ1) is 15.2. The molecule has 5 rings (SSSR count). The third-order valence-corrected chi connectivity index (χ3v) is 5.63. The number of epoxide rings is 2. The summed E-state index contributed by atoms with van der Waals surface area (Å²) >= 11 is 0. The number of nitrogens with zero attached hydrogens (tertiary/aromatic N) is 2. The van der Waals surface area contributed by atoms with E-state index in [9.17, 15) is 0 Å². The number of ether oxygens (including phenoxy) is 4. The molecule has 6 heteroatoms. The standard InChI is InChI=1S/C25H28N2O4/c1-3-4-24-17(2)27(19-7-11-21(12-8-19)29-14-23-16-31-23)26-25(24)18-5-9-20(10-6-18)28-13-22-15-30-22/h5-12,22-23H,3-4,13-16H2,1-2H3. The SMILES string of the molecule is CCCc1c(-c2ccc(OCC3CO3)cc2)nn(-c2ccc(OCC3CO3)cc2)c1C. The van der Waals surface area contributed by atoms with Gasteiger partial charge in [-0.3, -0.25) is 0 Å². The average molecular weight is 421 g/mol. The second-order valence-electron chi connectivity index (χ2n) is 8.13. The zero-order chi connectivity index (χ0) is 21.2. The molecule has 2 fully saturated rings. The normalized spacial score (nSPS) is 19.3. The van der Waals surface area contributed by atoms with Gasteiger partial charge in [0, 0.05) is 16.8 Å². The van der Waals surface area contributed by atoms with E-state index in [1.165, 1.54) is 11.3 Å². The Labute approximate surface area is 182 Å². The molecule has 0 amide bonds. The molecule has 2 aromatic carbocycles. The van der Waals surface area contributed by atoms with Gasteiger partial charge in [-0.2, -0.15) is 5.10 Å². The van der Waals surface area contributed by atoms with Gasteiger partial charge in [0.05, 0.1) is 24.6 Å². The van der Waals surface area contributed by atoms with E-state index >= 15 is 0 Å². The van der Waals surface area contributed by atoms with Crippen LogP contribution in [0.4, 0.5) is 0 Å². The molecule has 0 radical (unpaired) electrons. The van der Waals surface area contributed by atoms with Gasteiger partial charge in [-0.15, -0.1) is 0 Å². The molecule has 1 aromatic heterocycles. The van der Waals surface area contributed by atoms with Crippen LogP contribution in [-0.4, -0.2) is 48.4 Å². The summed E-state index contributed by atoms with van der Waals surface area (Å²) in [5.74, 6) is 1.71. The fraction of sp³-hybridized carbons (Fsp3) is 0.400.